The van der Waals surface area contributed by atoms with E-state index in [9.17, 15) is 0 Å². The summed E-state index contributed by atoms with van der Waals surface area (Å²) in [4.78, 5) is 8.71. The fourth-order valence-corrected chi connectivity index (χ4v) is 3.75. The molecule has 2 aromatic heterocycles. The molecule has 0 amide bonds. The van der Waals surface area contributed by atoms with Crippen molar-refractivity contribution in [2.75, 3.05) is 7.05 Å². The largest absolute Gasteiger partial charge is 0.312 e. The Morgan fingerprint density at radius 1 is 1.24 bits per heavy atom. The van der Waals surface area contributed by atoms with Crippen LogP contribution in [-0.4, -0.2) is 12.0 Å². The van der Waals surface area contributed by atoms with E-state index in [1.165, 1.54) is 25.3 Å². The number of aryl methyl sites for hydroxylation is 3. The smallest absolute Gasteiger partial charge is 0.0950 e. The number of thiophene rings is 1. The van der Waals surface area contributed by atoms with Crippen molar-refractivity contribution >= 4 is 22.7 Å². The Hall–Kier alpha value is -0.710. The summed E-state index contributed by atoms with van der Waals surface area (Å²) in [7, 11) is 2.02. The van der Waals surface area contributed by atoms with Gasteiger partial charge in [0.1, 0.15) is 0 Å². The number of hydrogen-bond acceptors (Lipinski definition) is 4. The first-order valence-corrected chi connectivity index (χ1v) is 7.40. The first kappa shape index (κ1) is 12.7. The van der Waals surface area contributed by atoms with E-state index in [-0.39, 0.29) is 0 Å². The Morgan fingerprint density at radius 2 is 2.00 bits per heavy atom. The molecule has 0 aliphatic carbocycles. The second kappa shape index (κ2) is 5.29. The summed E-state index contributed by atoms with van der Waals surface area (Å²) in [6, 6.07) is 4.79. The molecule has 0 bridgehead atoms. The highest BCUT2D eigenvalue weighted by Crippen LogP contribution is 2.27. The maximum Gasteiger partial charge on any atom is 0.0950 e. The Morgan fingerprint density at radius 3 is 2.47 bits per heavy atom. The van der Waals surface area contributed by atoms with E-state index >= 15 is 0 Å². The number of nitrogens with one attached hydrogen (secondary N) is 1. The molecule has 0 spiro atoms. The van der Waals surface area contributed by atoms with Gasteiger partial charge in [0.2, 0.25) is 0 Å². The van der Waals surface area contributed by atoms with E-state index < -0.39 is 0 Å². The quantitative estimate of drug-likeness (QED) is 0.914. The van der Waals surface area contributed by atoms with Gasteiger partial charge in [0, 0.05) is 27.1 Å². The molecule has 17 heavy (non-hydrogen) atoms. The van der Waals surface area contributed by atoms with Crippen LogP contribution >= 0.6 is 22.7 Å². The lowest BCUT2D eigenvalue weighted by Gasteiger charge is -2.12. The van der Waals surface area contributed by atoms with Crippen molar-refractivity contribution < 1.29 is 0 Å². The van der Waals surface area contributed by atoms with Crippen molar-refractivity contribution in [3.8, 4) is 0 Å². The topological polar surface area (TPSA) is 24.9 Å². The van der Waals surface area contributed by atoms with Crippen molar-refractivity contribution in [3.05, 3.63) is 37.5 Å². The minimum atomic E-state index is 0.388. The van der Waals surface area contributed by atoms with Gasteiger partial charge in [0.15, 0.2) is 0 Å². The third-order valence-corrected chi connectivity index (χ3v) is 5.11. The summed E-state index contributed by atoms with van der Waals surface area (Å²) < 4.78 is 0. The van der Waals surface area contributed by atoms with Gasteiger partial charge >= 0.3 is 0 Å². The van der Waals surface area contributed by atoms with Gasteiger partial charge in [-0.2, -0.15) is 0 Å². The minimum Gasteiger partial charge on any atom is -0.312 e. The van der Waals surface area contributed by atoms with Crippen LogP contribution in [0.15, 0.2) is 12.1 Å². The molecule has 0 fully saturated rings. The van der Waals surface area contributed by atoms with E-state index in [1.54, 1.807) is 0 Å². The summed E-state index contributed by atoms with van der Waals surface area (Å²) in [5, 5.41) is 4.61. The van der Waals surface area contributed by atoms with Gasteiger partial charge in [-0.05, 0) is 40.0 Å². The number of thiazole rings is 1. The van der Waals surface area contributed by atoms with E-state index in [1.807, 2.05) is 29.7 Å². The Kier molecular flexibility index (Phi) is 3.97. The molecule has 2 nitrogen and oxygen atoms in total. The van der Waals surface area contributed by atoms with Crippen LogP contribution in [0.5, 0.6) is 0 Å². The molecule has 1 unspecified atom stereocenters. The lowest BCUT2D eigenvalue weighted by molar-refractivity contribution is 0.600. The molecule has 0 aliphatic rings. The zero-order valence-electron chi connectivity index (χ0n) is 10.7. The molecule has 0 saturated carbocycles. The fourth-order valence-electron chi connectivity index (χ4n) is 1.79. The average molecular weight is 266 g/mol. The van der Waals surface area contributed by atoms with Crippen LogP contribution in [0.1, 0.15) is 31.4 Å². The van der Waals surface area contributed by atoms with Crippen LogP contribution in [-0.2, 0) is 6.42 Å². The summed E-state index contributed by atoms with van der Waals surface area (Å²) in [6.07, 6.45) is 0.982. The first-order valence-electron chi connectivity index (χ1n) is 5.76. The van der Waals surface area contributed by atoms with Crippen molar-refractivity contribution in [1.29, 1.82) is 0 Å². The molecule has 1 N–H and O–H groups in total. The average Bonchev–Trinajstić information content (AvgIpc) is 2.83. The standard InChI is InChI=1S/C13H18N2S2/c1-8-5-6-12(16-8)11(14-4)7-13-15-9(2)10(3)17-13/h5-6,11,14H,7H2,1-4H3. The monoisotopic (exact) mass is 266 g/mol. The summed E-state index contributed by atoms with van der Waals surface area (Å²) >= 11 is 3.68. The molecule has 0 radical (unpaired) electrons. The second-order valence-electron chi connectivity index (χ2n) is 4.24. The highest BCUT2D eigenvalue weighted by atomic mass is 32.1. The van der Waals surface area contributed by atoms with Crippen LogP contribution in [0.25, 0.3) is 0 Å². The minimum absolute atomic E-state index is 0.388. The number of rotatable bonds is 4. The molecular formula is C13H18N2S2. The van der Waals surface area contributed by atoms with Crippen molar-refractivity contribution in [3.63, 3.8) is 0 Å². The highest BCUT2D eigenvalue weighted by molar-refractivity contribution is 7.12. The van der Waals surface area contributed by atoms with Gasteiger partial charge in [-0.25, -0.2) is 4.98 Å². The van der Waals surface area contributed by atoms with Crippen LogP contribution < -0.4 is 5.32 Å². The zero-order chi connectivity index (χ0) is 12.4. The number of hydrogen-bond donors (Lipinski definition) is 1. The normalized spacial score (nSPS) is 12.9. The van der Waals surface area contributed by atoms with Gasteiger partial charge < -0.3 is 5.32 Å². The van der Waals surface area contributed by atoms with Crippen molar-refractivity contribution in [2.24, 2.45) is 0 Å². The predicted octanol–water partition coefficient (Wildman–Crippen LogP) is 3.63. The van der Waals surface area contributed by atoms with Gasteiger partial charge in [-0.3, -0.25) is 0 Å². The summed E-state index contributed by atoms with van der Waals surface area (Å²) in [5.41, 5.74) is 1.17. The molecule has 0 aromatic carbocycles. The van der Waals surface area contributed by atoms with Crippen LogP contribution in [0.2, 0.25) is 0 Å². The molecule has 2 heterocycles. The second-order valence-corrected chi connectivity index (χ2v) is 6.85. The van der Waals surface area contributed by atoms with Crippen LogP contribution in [0, 0.1) is 20.8 Å². The maximum absolute atomic E-state index is 4.61. The van der Waals surface area contributed by atoms with Gasteiger partial charge in [-0.15, -0.1) is 22.7 Å². The summed E-state index contributed by atoms with van der Waals surface area (Å²) in [6.45, 7) is 6.37. The van der Waals surface area contributed by atoms with E-state index in [0.717, 1.165) is 6.42 Å². The van der Waals surface area contributed by atoms with Gasteiger partial charge in [0.05, 0.1) is 10.7 Å². The van der Waals surface area contributed by atoms with E-state index in [2.05, 4.69) is 43.2 Å². The Balaban J connectivity index is 2.15. The zero-order valence-corrected chi connectivity index (χ0v) is 12.3. The first-order chi connectivity index (χ1) is 8.10. The van der Waals surface area contributed by atoms with E-state index in [0.29, 0.717) is 6.04 Å². The third-order valence-electron chi connectivity index (χ3n) is 2.90. The molecule has 4 heteroatoms. The van der Waals surface area contributed by atoms with Crippen molar-refractivity contribution in [2.45, 2.75) is 33.2 Å². The van der Waals surface area contributed by atoms with Gasteiger partial charge in [-0.1, -0.05) is 0 Å². The molecule has 2 aromatic rings. The maximum atomic E-state index is 4.61. The fraction of sp³-hybridized carbons (Fsp3) is 0.462. The molecule has 1 atom stereocenters. The number of aromatic nitrogens is 1. The predicted molar refractivity (Wildman–Crippen MR) is 76.1 cm³/mol. The molecule has 92 valence electrons. The van der Waals surface area contributed by atoms with Crippen LogP contribution in [0.4, 0.5) is 0 Å². The number of nitrogens with zero attached hydrogens (tertiary/aromatic N) is 1. The number of likely N-dealkylation sites (N-methyl/N-ethyl adjacent to an activating group) is 1. The SMILES string of the molecule is CNC(Cc1nc(C)c(C)s1)c1ccc(C)s1. The lowest BCUT2D eigenvalue weighted by atomic mass is 10.2. The van der Waals surface area contributed by atoms with E-state index in [4.69, 9.17) is 0 Å². The summed E-state index contributed by atoms with van der Waals surface area (Å²) in [5.74, 6) is 0. The molecule has 0 saturated heterocycles. The lowest BCUT2D eigenvalue weighted by Crippen LogP contribution is -2.17. The van der Waals surface area contributed by atoms with Crippen LogP contribution in [0.3, 0.4) is 0 Å². The Bertz CT molecular complexity index is 480. The highest BCUT2D eigenvalue weighted by Gasteiger charge is 2.14. The molecule has 0 aliphatic heterocycles. The molecular weight excluding hydrogens is 248 g/mol. The Labute approximate surface area is 111 Å². The third kappa shape index (κ3) is 2.94. The molecule has 2 rings (SSSR count). The van der Waals surface area contributed by atoms with Crippen molar-refractivity contribution in [1.82, 2.24) is 10.3 Å². The van der Waals surface area contributed by atoms with Gasteiger partial charge in [0.25, 0.3) is 0 Å².